The molecule has 0 atom stereocenters. The van der Waals surface area contributed by atoms with Crippen LogP contribution in [0.5, 0.6) is 0 Å². The number of aliphatic hydroxyl groups is 1. The summed E-state index contributed by atoms with van der Waals surface area (Å²) in [6.45, 7) is 5.54. The molecule has 2 aromatic rings. The van der Waals surface area contributed by atoms with Crippen LogP contribution >= 0.6 is 11.3 Å². The maximum Gasteiger partial charge on any atom is 0.408 e. The summed E-state index contributed by atoms with van der Waals surface area (Å²) in [5, 5.41) is 21.6. The van der Waals surface area contributed by atoms with Crippen molar-refractivity contribution in [3.63, 3.8) is 0 Å². The van der Waals surface area contributed by atoms with Crippen LogP contribution in [0.1, 0.15) is 37.0 Å². The molecule has 1 heterocycles. The number of benzene rings is 1. The molecule has 0 unspecified atom stereocenters. The average molecular weight is 345 g/mol. The number of hydrogen-bond donors (Lipinski definition) is 2. The Hall–Kier alpha value is -2.43. The lowest BCUT2D eigenvalue weighted by atomic mass is 10.1. The highest BCUT2D eigenvalue weighted by Crippen LogP contribution is 2.30. The van der Waals surface area contributed by atoms with Gasteiger partial charge in [0, 0.05) is 0 Å². The van der Waals surface area contributed by atoms with E-state index >= 15 is 0 Å². The molecule has 7 heteroatoms. The molecule has 126 valence electrons. The van der Waals surface area contributed by atoms with Gasteiger partial charge in [-0.25, -0.2) is 9.78 Å². The summed E-state index contributed by atoms with van der Waals surface area (Å²) in [6.07, 6.45) is -0.523. The third kappa shape index (κ3) is 4.78. The summed E-state index contributed by atoms with van der Waals surface area (Å²) in [6, 6.07) is 9.35. The van der Waals surface area contributed by atoms with Crippen molar-refractivity contribution in [3.8, 4) is 16.5 Å². The highest BCUT2D eigenvalue weighted by Gasteiger charge is 2.17. The topological polar surface area (TPSA) is 95.2 Å². The fourth-order valence-electron chi connectivity index (χ4n) is 1.93. The Bertz CT molecular complexity index is 755. The van der Waals surface area contributed by atoms with E-state index in [9.17, 15) is 10.1 Å². The highest BCUT2D eigenvalue weighted by molar-refractivity contribution is 7.15. The van der Waals surface area contributed by atoms with Crippen LogP contribution in [0.4, 0.5) is 4.79 Å². The second-order valence-electron chi connectivity index (χ2n) is 6.11. The first kappa shape index (κ1) is 17.9. The van der Waals surface area contributed by atoms with Gasteiger partial charge in [0.2, 0.25) is 0 Å². The molecule has 24 heavy (non-hydrogen) atoms. The minimum atomic E-state index is -0.565. The number of nitrogens with one attached hydrogen (secondary N) is 1. The number of carbonyl (C=O) groups excluding carboxylic acids is 1. The molecule has 0 saturated carbocycles. The molecule has 0 saturated heterocycles. The van der Waals surface area contributed by atoms with Gasteiger partial charge in [-0.3, -0.25) is 0 Å². The van der Waals surface area contributed by atoms with Gasteiger partial charge in [0.05, 0.1) is 18.0 Å². The summed E-state index contributed by atoms with van der Waals surface area (Å²) in [7, 11) is 0. The van der Waals surface area contributed by atoms with Crippen molar-refractivity contribution in [3.05, 3.63) is 40.5 Å². The highest BCUT2D eigenvalue weighted by atomic mass is 32.1. The van der Waals surface area contributed by atoms with E-state index in [2.05, 4.69) is 16.4 Å². The van der Waals surface area contributed by atoms with E-state index in [4.69, 9.17) is 9.84 Å². The maximum atomic E-state index is 11.7. The van der Waals surface area contributed by atoms with Gasteiger partial charge in [0.25, 0.3) is 0 Å². The zero-order chi connectivity index (χ0) is 17.7. The average Bonchev–Trinajstić information content (AvgIpc) is 2.95. The normalized spacial score (nSPS) is 11.0. The van der Waals surface area contributed by atoms with Crippen molar-refractivity contribution >= 4 is 17.4 Å². The van der Waals surface area contributed by atoms with Crippen molar-refractivity contribution in [1.29, 1.82) is 5.26 Å². The van der Waals surface area contributed by atoms with E-state index in [1.54, 1.807) is 32.9 Å². The van der Waals surface area contributed by atoms with Crippen molar-refractivity contribution < 1.29 is 14.6 Å². The largest absolute Gasteiger partial charge is 0.444 e. The van der Waals surface area contributed by atoms with Crippen LogP contribution < -0.4 is 5.32 Å². The van der Waals surface area contributed by atoms with Gasteiger partial charge < -0.3 is 15.2 Å². The number of alkyl carbamates (subject to hydrolysis) is 1. The fourth-order valence-corrected chi connectivity index (χ4v) is 2.89. The number of nitrogens with zero attached hydrogens (tertiary/aromatic N) is 2. The monoisotopic (exact) mass is 345 g/mol. The van der Waals surface area contributed by atoms with Crippen molar-refractivity contribution in [2.75, 3.05) is 0 Å². The van der Waals surface area contributed by atoms with Crippen LogP contribution in [-0.4, -0.2) is 21.8 Å². The molecule has 1 amide bonds. The molecule has 0 radical (unpaired) electrons. The van der Waals surface area contributed by atoms with E-state index in [0.29, 0.717) is 10.7 Å². The fraction of sp³-hybridized carbons (Fsp3) is 0.353. The van der Waals surface area contributed by atoms with E-state index in [1.807, 2.05) is 12.1 Å². The molecule has 6 nitrogen and oxygen atoms in total. The minimum absolute atomic E-state index is 0.0286. The second kappa shape index (κ2) is 7.43. The smallest absolute Gasteiger partial charge is 0.408 e. The number of aromatic nitrogens is 1. The van der Waals surface area contributed by atoms with E-state index in [1.165, 1.54) is 11.3 Å². The number of aliphatic hydroxyl groups excluding tert-OH is 1. The van der Waals surface area contributed by atoms with Crippen LogP contribution in [0.3, 0.4) is 0 Å². The molecular formula is C17H19N3O3S. The Balaban J connectivity index is 2.12. The molecular weight excluding hydrogens is 326 g/mol. The summed E-state index contributed by atoms with van der Waals surface area (Å²) in [5.74, 6) is 0. The maximum absolute atomic E-state index is 11.7. The van der Waals surface area contributed by atoms with Crippen LogP contribution in [0.2, 0.25) is 0 Å². The number of rotatable bonds is 4. The predicted octanol–water partition coefficient (Wildman–Crippen LogP) is 3.20. The van der Waals surface area contributed by atoms with Crippen LogP contribution in [0.15, 0.2) is 24.3 Å². The van der Waals surface area contributed by atoms with E-state index in [0.717, 1.165) is 16.0 Å². The van der Waals surface area contributed by atoms with Gasteiger partial charge in [-0.15, -0.1) is 11.3 Å². The number of hydrogen-bond acceptors (Lipinski definition) is 6. The lowest BCUT2D eigenvalue weighted by Gasteiger charge is -2.19. The Morgan fingerprint density at radius 1 is 1.38 bits per heavy atom. The van der Waals surface area contributed by atoms with Crippen LogP contribution in [0.25, 0.3) is 10.4 Å². The first-order valence-electron chi connectivity index (χ1n) is 7.39. The molecule has 0 aliphatic carbocycles. The van der Waals surface area contributed by atoms with Crippen LogP contribution in [-0.2, 0) is 17.9 Å². The third-order valence-corrected chi connectivity index (χ3v) is 4.06. The minimum Gasteiger partial charge on any atom is -0.444 e. The number of amides is 1. The lowest BCUT2D eigenvalue weighted by Crippen LogP contribution is -2.32. The second-order valence-corrected chi connectivity index (χ2v) is 7.19. The Kier molecular flexibility index (Phi) is 5.54. The Morgan fingerprint density at radius 3 is 2.58 bits per heavy atom. The van der Waals surface area contributed by atoms with Gasteiger partial charge in [-0.2, -0.15) is 5.26 Å². The van der Waals surface area contributed by atoms with Gasteiger partial charge >= 0.3 is 6.09 Å². The molecule has 2 N–H and O–H groups in total. The van der Waals surface area contributed by atoms with E-state index < -0.39 is 11.7 Å². The molecule has 1 aromatic heterocycles. The van der Waals surface area contributed by atoms with Gasteiger partial charge in [0.1, 0.15) is 16.7 Å². The van der Waals surface area contributed by atoms with Gasteiger partial charge in [-0.05, 0) is 31.9 Å². The number of thiazole rings is 1. The Labute approximate surface area is 144 Å². The third-order valence-electron chi connectivity index (χ3n) is 2.96. The predicted molar refractivity (Wildman–Crippen MR) is 91.3 cm³/mol. The summed E-state index contributed by atoms with van der Waals surface area (Å²) in [4.78, 5) is 16.7. The van der Waals surface area contributed by atoms with Crippen LogP contribution in [0, 0.1) is 11.3 Å². The number of carbonyl (C=O) groups is 1. The molecule has 1 aromatic carbocycles. The Morgan fingerprint density at radius 2 is 2.04 bits per heavy atom. The standard InChI is InChI=1S/C17H19N3O3S/c1-17(2,3)23-16(22)19-9-14-20-13(8-18)15(24-14)12-6-4-11(10-21)5-7-12/h4-7,21H,9-10H2,1-3H3,(H,19,22). The van der Waals surface area contributed by atoms with Gasteiger partial charge in [0.15, 0.2) is 5.69 Å². The lowest BCUT2D eigenvalue weighted by molar-refractivity contribution is 0.0523. The summed E-state index contributed by atoms with van der Waals surface area (Å²) in [5.41, 5.74) is 1.40. The summed E-state index contributed by atoms with van der Waals surface area (Å²) >= 11 is 1.34. The first-order valence-corrected chi connectivity index (χ1v) is 8.21. The first-order chi connectivity index (χ1) is 11.3. The SMILES string of the molecule is CC(C)(C)OC(=O)NCc1nc(C#N)c(-c2ccc(CO)cc2)s1. The van der Waals surface area contributed by atoms with Crippen molar-refractivity contribution in [2.45, 2.75) is 39.5 Å². The summed E-state index contributed by atoms with van der Waals surface area (Å²) < 4.78 is 5.17. The zero-order valence-corrected chi connectivity index (χ0v) is 14.6. The zero-order valence-electron chi connectivity index (χ0n) is 13.8. The molecule has 0 fully saturated rings. The van der Waals surface area contributed by atoms with Crippen molar-refractivity contribution in [2.24, 2.45) is 0 Å². The van der Waals surface area contributed by atoms with Crippen molar-refractivity contribution in [1.82, 2.24) is 10.3 Å². The molecule has 0 spiro atoms. The molecule has 0 bridgehead atoms. The van der Waals surface area contributed by atoms with E-state index in [-0.39, 0.29) is 13.2 Å². The quantitative estimate of drug-likeness (QED) is 0.887. The number of ether oxygens (including phenoxy) is 1. The molecule has 2 rings (SSSR count). The number of nitriles is 1. The molecule has 0 aliphatic rings. The van der Waals surface area contributed by atoms with Gasteiger partial charge in [-0.1, -0.05) is 24.3 Å². The molecule has 0 aliphatic heterocycles.